The van der Waals surface area contributed by atoms with Crippen LogP contribution in [0.15, 0.2) is 36.5 Å². The maximum absolute atomic E-state index is 13.6. The van der Waals surface area contributed by atoms with E-state index in [-0.39, 0.29) is 10.7 Å². The van der Waals surface area contributed by atoms with Crippen LogP contribution < -0.4 is 11.1 Å². The van der Waals surface area contributed by atoms with Gasteiger partial charge in [0.25, 0.3) is 0 Å². The second kappa shape index (κ2) is 5.29. The van der Waals surface area contributed by atoms with E-state index in [2.05, 4.69) is 10.3 Å². The molecule has 1 aromatic carbocycles. The molecule has 3 N–H and O–H groups in total. The largest absolute Gasteiger partial charge is 0.389 e. The fourth-order valence-corrected chi connectivity index (χ4v) is 1.75. The van der Waals surface area contributed by atoms with Gasteiger partial charge in [-0.15, -0.1) is 0 Å². The molecule has 0 saturated carbocycles. The molecule has 0 aliphatic carbocycles. The van der Waals surface area contributed by atoms with E-state index in [1.54, 1.807) is 24.4 Å². The lowest BCUT2D eigenvalue weighted by molar-refractivity contribution is 0.632. The molecule has 0 fully saturated rings. The molecule has 1 aromatic heterocycles. The van der Waals surface area contributed by atoms with Gasteiger partial charge < -0.3 is 11.1 Å². The SMILES string of the molecule is NC(=S)c1cccnc1Nc1ccc(Cl)cc1F. The molecular formula is C12H9ClFN3S. The summed E-state index contributed by atoms with van der Waals surface area (Å²) in [5.74, 6) is -0.0618. The molecular weight excluding hydrogens is 273 g/mol. The molecule has 0 spiro atoms. The van der Waals surface area contributed by atoms with Crippen molar-refractivity contribution in [3.05, 3.63) is 52.9 Å². The van der Waals surface area contributed by atoms with Crippen LogP contribution in [0, 0.1) is 5.82 Å². The van der Waals surface area contributed by atoms with Crippen molar-refractivity contribution in [2.24, 2.45) is 5.73 Å². The van der Waals surface area contributed by atoms with Gasteiger partial charge in [-0.1, -0.05) is 23.8 Å². The van der Waals surface area contributed by atoms with Gasteiger partial charge in [0.1, 0.15) is 16.6 Å². The van der Waals surface area contributed by atoms with Crippen molar-refractivity contribution >= 4 is 40.3 Å². The Morgan fingerprint density at radius 1 is 1.39 bits per heavy atom. The summed E-state index contributed by atoms with van der Waals surface area (Å²) in [6.45, 7) is 0. The van der Waals surface area contributed by atoms with Crippen molar-refractivity contribution in [3.8, 4) is 0 Å². The first-order valence-electron chi connectivity index (χ1n) is 5.05. The van der Waals surface area contributed by atoms with Gasteiger partial charge in [0, 0.05) is 11.2 Å². The van der Waals surface area contributed by atoms with E-state index in [0.29, 0.717) is 16.4 Å². The van der Waals surface area contributed by atoms with Gasteiger partial charge >= 0.3 is 0 Å². The third-order valence-electron chi connectivity index (χ3n) is 2.26. The zero-order chi connectivity index (χ0) is 13.1. The van der Waals surface area contributed by atoms with Crippen molar-refractivity contribution in [1.29, 1.82) is 0 Å². The molecule has 2 rings (SSSR count). The summed E-state index contributed by atoms with van der Waals surface area (Å²) in [4.78, 5) is 4.27. The maximum Gasteiger partial charge on any atom is 0.148 e. The lowest BCUT2D eigenvalue weighted by atomic mass is 10.2. The number of nitrogens with two attached hydrogens (primary N) is 1. The molecule has 0 amide bonds. The van der Waals surface area contributed by atoms with Gasteiger partial charge in [0.15, 0.2) is 0 Å². The Morgan fingerprint density at radius 3 is 2.83 bits per heavy atom. The zero-order valence-corrected chi connectivity index (χ0v) is 10.7. The second-order valence-corrected chi connectivity index (χ2v) is 4.39. The molecule has 0 atom stereocenters. The Labute approximate surface area is 114 Å². The number of anilines is 2. The maximum atomic E-state index is 13.6. The van der Waals surface area contributed by atoms with E-state index in [1.165, 1.54) is 12.1 Å². The number of aromatic nitrogens is 1. The normalized spacial score (nSPS) is 10.1. The molecule has 0 radical (unpaired) electrons. The minimum absolute atomic E-state index is 0.194. The number of rotatable bonds is 3. The topological polar surface area (TPSA) is 50.9 Å². The van der Waals surface area contributed by atoms with Gasteiger partial charge in [0.2, 0.25) is 0 Å². The molecule has 0 aliphatic heterocycles. The molecule has 0 bridgehead atoms. The highest BCUT2D eigenvalue weighted by atomic mass is 35.5. The van der Waals surface area contributed by atoms with Crippen molar-refractivity contribution in [1.82, 2.24) is 4.98 Å². The van der Waals surface area contributed by atoms with Crippen LogP contribution in [-0.2, 0) is 0 Å². The fourth-order valence-electron chi connectivity index (χ4n) is 1.42. The summed E-state index contributed by atoms with van der Waals surface area (Å²) in [6, 6.07) is 7.74. The average molecular weight is 282 g/mol. The summed E-state index contributed by atoms with van der Waals surface area (Å²) < 4.78 is 13.6. The number of benzene rings is 1. The molecule has 0 aliphatic rings. The van der Waals surface area contributed by atoms with Crippen LogP contribution in [0.5, 0.6) is 0 Å². The average Bonchev–Trinajstić information content (AvgIpc) is 2.33. The number of hydrogen-bond donors (Lipinski definition) is 2. The van der Waals surface area contributed by atoms with E-state index < -0.39 is 5.82 Å². The molecule has 2 aromatic rings. The van der Waals surface area contributed by atoms with Crippen LogP contribution in [0.25, 0.3) is 0 Å². The Bertz CT molecular complexity index is 604. The molecule has 0 saturated heterocycles. The quantitative estimate of drug-likeness (QED) is 0.848. The summed E-state index contributed by atoms with van der Waals surface area (Å²) in [6.07, 6.45) is 1.57. The van der Waals surface area contributed by atoms with Crippen molar-refractivity contribution < 1.29 is 4.39 Å². The van der Waals surface area contributed by atoms with E-state index in [0.717, 1.165) is 0 Å². The standard InChI is InChI=1S/C12H9ClFN3S/c13-7-3-4-10(9(14)6-7)17-12-8(11(15)18)2-1-5-16-12/h1-6H,(H2,15,18)(H,16,17). The number of pyridine rings is 1. The van der Waals surface area contributed by atoms with Crippen LogP contribution in [0.3, 0.4) is 0 Å². The summed E-state index contributed by atoms with van der Waals surface area (Å²) in [5.41, 5.74) is 6.38. The van der Waals surface area contributed by atoms with Gasteiger partial charge in [-0.25, -0.2) is 9.37 Å². The van der Waals surface area contributed by atoms with Crippen LogP contribution in [0.1, 0.15) is 5.56 Å². The van der Waals surface area contributed by atoms with Gasteiger partial charge in [-0.2, -0.15) is 0 Å². The van der Waals surface area contributed by atoms with E-state index >= 15 is 0 Å². The first-order chi connectivity index (χ1) is 8.58. The Morgan fingerprint density at radius 2 is 2.17 bits per heavy atom. The first kappa shape index (κ1) is 12.7. The fraction of sp³-hybridized carbons (Fsp3) is 0. The first-order valence-corrected chi connectivity index (χ1v) is 5.83. The summed E-state index contributed by atoms with van der Waals surface area (Å²) >= 11 is 10.6. The van der Waals surface area contributed by atoms with Gasteiger partial charge in [0.05, 0.1) is 11.3 Å². The molecule has 1 heterocycles. The highest BCUT2D eigenvalue weighted by Crippen LogP contribution is 2.23. The predicted octanol–water partition coefficient (Wildman–Crippen LogP) is 3.25. The van der Waals surface area contributed by atoms with Gasteiger partial charge in [-0.3, -0.25) is 0 Å². The minimum atomic E-state index is -0.470. The lowest BCUT2D eigenvalue weighted by Crippen LogP contribution is -2.13. The highest BCUT2D eigenvalue weighted by Gasteiger charge is 2.09. The molecule has 18 heavy (non-hydrogen) atoms. The predicted molar refractivity (Wildman–Crippen MR) is 74.8 cm³/mol. The molecule has 92 valence electrons. The number of nitrogens with one attached hydrogen (secondary N) is 1. The van der Waals surface area contributed by atoms with Crippen LogP contribution in [0.2, 0.25) is 5.02 Å². The number of thiocarbonyl (C=S) groups is 1. The van der Waals surface area contributed by atoms with Crippen LogP contribution in [-0.4, -0.2) is 9.97 Å². The van der Waals surface area contributed by atoms with Crippen LogP contribution >= 0.6 is 23.8 Å². The minimum Gasteiger partial charge on any atom is -0.389 e. The van der Waals surface area contributed by atoms with Gasteiger partial charge in [-0.05, 0) is 30.3 Å². The molecule has 3 nitrogen and oxygen atoms in total. The zero-order valence-electron chi connectivity index (χ0n) is 9.15. The second-order valence-electron chi connectivity index (χ2n) is 3.51. The summed E-state index contributed by atoms with van der Waals surface area (Å²) in [7, 11) is 0. The van der Waals surface area contributed by atoms with Crippen molar-refractivity contribution in [3.63, 3.8) is 0 Å². The van der Waals surface area contributed by atoms with Crippen LogP contribution in [0.4, 0.5) is 15.9 Å². The van der Waals surface area contributed by atoms with E-state index in [1.807, 2.05) is 0 Å². The number of hydrogen-bond acceptors (Lipinski definition) is 3. The number of nitrogens with zero attached hydrogens (tertiary/aromatic N) is 1. The highest BCUT2D eigenvalue weighted by molar-refractivity contribution is 7.80. The Hall–Kier alpha value is -1.72. The molecule has 6 heteroatoms. The summed E-state index contributed by atoms with van der Waals surface area (Å²) in [5, 5.41) is 3.16. The Kier molecular flexibility index (Phi) is 3.74. The third kappa shape index (κ3) is 2.75. The van der Waals surface area contributed by atoms with Crippen molar-refractivity contribution in [2.75, 3.05) is 5.32 Å². The van der Waals surface area contributed by atoms with E-state index in [4.69, 9.17) is 29.6 Å². The van der Waals surface area contributed by atoms with E-state index in [9.17, 15) is 4.39 Å². The molecule has 0 unspecified atom stereocenters. The van der Waals surface area contributed by atoms with Crippen molar-refractivity contribution in [2.45, 2.75) is 0 Å². The monoisotopic (exact) mass is 281 g/mol. The number of halogens is 2. The third-order valence-corrected chi connectivity index (χ3v) is 2.71. The lowest BCUT2D eigenvalue weighted by Gasteiger charge is -2.10. The Balaban J connectivity index is 2.37. The smallest absolute Gasteiger partial charge is 0.148 e.